The van der Waals surface area contributed by atoms with Crippen LogP contribution in [0.5, 0.6) is 5.75 Å². The summed E-state index contributed by atoms with van der Waals surface area (Å²) in [7, 11) is 0. The van der Waals surface area contributed by atoms with Crippen LogP contribution in [0, 0.1) is 17.8 Å². The van der Waals surface area contributed by atoms with Gasteiger partial charge in [-0.25, -0.2) is 9.59 Å². The molecule has 3 rings (SSSR count). The first-order valence-electron chi connectivity index (χ1n) is 11.9. The Morgan fingerprint density at radius 3 is 2.46 bits per heavy atom. The standard InChI is InChI=1S/C27H32BrNO6/c1-17(2)21-13-8-18(3)14-24(21)35-26(31)16-34-27(32)22-6-4-5-7-23(22)33-15-25(30)29-20-11-9-19(28)10-12-20/h4-7,9-12,17-18,21,24H,8,13-16H2,1-3H3,(H,29,30)/t18-,21-,24-/m1/s1. The Balaban J connectivity index is 1.52. The van der Waals surface area contributed by atoms with Gasteiger partial charge in [-0.15, -0.1) is 0 Å². The van der Waals surface area contributed by atoms with Crippen LogP contribution in [0.4, 0.5) is 5.69 Å². The van der Waals surface area contributed by atoms with Crippen molar-refractivity contribution in [1.82, 2.24) is 0 Å². The average molecular weight is 546 g/mol. The number of nitrogens with one attached hydrogen (secondary N) is 1. The maximum atomic E-state index is 12.6. The molecule has 0 spiro atoms. The summed E-state index contributed by atoms with van der Waals surface area (Å²) in [6.07, 6.45) is 2.81. The van der Waals surface area contributed by atoms with Crippen LogP contribution in [0.3, 0.4) is 0 Å². The molecule has 0 bridgehead atoms. The van der Waals surface area contributed by atoms with E-state index in [0.29, 0.717) is 23.4 Å². The number of esters is 2. The lowest BCUT2D eigenvalue weighted by atomic mass is 9.75. The van der Waals surface area contributed by atoms with Crippen LogP contribution < -0.4 is 10.1 Å². The van der Waals surface area contributed by atoms with Gasteiger partial charge in [-0.3, -0.25) is 4.79 Å². The third-order valence-corrected chi connectivity index (χ3v) is 6.69. The lowest BCUT2D eigenvalue weighted by molar-refractivity contribution is -0.159. The zero-order chi connectivity index (χ0) is 25.4. The van der Waals surface area contributed by atoms with Gasteiger partial charge in [0.1, 0.15) is 17.4 Å². The molecule has 0 saturated heterocycles. The number of benzene rings is 2. The molecule has 1 amide bonds. The van der Waals surface area contributed by atoms with Crippen molar-refractivity contribution in [3.05, 3.63) is 58.6 Å². The lowest BCUT2D eigenvalue weighted by Gasteiger charge is -2.36. The number of amides is 1. The fourth-order valence-corrected chi connectivity index (χ4v) is 4.55. The van der Waals surface area contributed by atoms with E-state index in [0.717, 1.165) is 23.7 Å². The SMILES string of the molecule is CC(C)[C@H]1CC[C@@H](C)C[C@H]1OC(=O)COC(=O)c1ccccc1OCC(=O)Nc1ccc(Br)cc1. The van der Waals surface area contributed by atoms with Crippen molar-refractivity contribution >= 4 is 39.5 Å². The molecular weight excluding hydrogens is 514 g/mol. The van der Waals surface area contributed by atoms with E-state index in [1.54, 1.807) is 30.3 Å². The molecule has 188 valence electrons. The monoisotopic (exact) mass is 545 g/mol. The van der Waals surface area contributed by atoms with Gasteiger partial charge in [0.2, 0.25) is 0 Å². The van der Waals surface area contributed by atoms with Crippen molar-refractivity contribution < 1.29 is 28.6 Å². The Kier molecular flexibility index (Phi) is 9.72. The van der Waals surface area contributed by atoms with Crippen LogP contribution in [0.15, 0.2) is 53.0 Å². The molecule has 35 heavy (non-hydrogen) atoms. The molecule has 0 aliphatic heterocycles. The van der Waals surface area contributed by atoms with Crippen LogP contribution in [0.2, 0.25) is 0 Å². The molecule has 1 aliphatic carbocycles. The summed E-state index contributed by atoms with van der Waals surface area (Å²) in [5, 5.41) is 2.72. The third kappa shape index (κ3) is 8.09. The van der Waals surface area contributed by atoms with E-state index in [-0.39, 0.29) is 29.9 Å². The van der Waals surface area contributed by atoms with E-state index in [4.69, 9.17) is 14.2 Å². The normalized spacial score (nSPS) is 19.6. The first kappa shape index (κ1) is 26.7. The molecule has 2 aromatic rings. The largest absolute Gasteiger partial charge is 0.483 e. The van der Waals surface area contributed by atoms with Crippen molar-refractivity contribution in [2.75, 3.05) is 18.5 Å². The molecule has 1 fully saturated rings. The van der Waals surface area contributed by atoms with Crippen LogP contribution in [0.25, 0.3) is 0 Å². The van der Waals surface area contributed by atoms with Gasteiger partial charge in [0.15, 0.2) is 13.2 Å². The minimum absolute atomic E-state index is 0.128. The summed E-state index contributed by atoms with van der Waals surface area (Å²) in [6.45, 7) is 5.66. The lowest BCUT2D eigenvalue weighted by Crippen LogP contribution is -2.36. The maximum Gasteiger partial charge on any atom is 0.344 e. The van der Waals surface area contributed by atoms with Gasteiger partial charge in [-0.2, -0.15) is 0 Å². The van der Waals surface area contributed by atoms with E-state index in [2.05, 4.69) is 42.0 Å². The zero-order valence-corrected chi connectivity index (χ0v) is 21.9. The fraction of sp³-hybridized carbons (Fsp3) is 0.444. The van der Waals surface area contributed by atoms with Gasteiger partial charge in [0.25, 0.3) is 5.91 Å². The number of carbonyl (C=O) groups excluding carboxylic acids is 3. The van der Waals surface area contributed by atoms with Crippen molar-refractivity contribution in [1.29, 1.82) is 0 Å². The molecule has 0 aromatic heterocycles. The maximum absolute atomic E-state index is 12.6. The summed E-state index contributed by atoms with van der Waals surface area (Å²) in [4.78, 5) is 37.3. The summed E-state index contributed by atoms with van der Waals surface area (Å²) in [5.41, 5.74) is 0.753. The van der Waals surface area contributed by atoms with Crippen molar-refractivity contribution in [2.45, 2.75) is 46.1 Å². The highest BCUT2D eigenvalue weighted by Gasteiger charge is 2.33. The molecule has 7 nitrogen and oxygen atoms in total. The number of para-hydroxylation sites is 1. The average Bonchev–Trinajstić information content (AvgIpc) is 2.82. The molecule has 1 N–H and O–H groups in total. The summed E-state index contributed by atoms with van der Waals surface area (Å²) < 4.78 is 17.4. The first-order valence-corrected chi connectivity index (χ1v) is 12.7. The van der Waals surface area contributed by atoms with E-state index in [1.165, 1.54) is 6.07 Å². The highest BCUT2D eigenvalue weighted by Crippen LogP contribution is 2.35. The predicted molar refractivity (Wildman–Crippen MR) is 136 cm³/mol. The highest BCUT2D eigenvalue weighted by atomic mass is 79.9. The second-order valence-electron chi connectivity index (χ2n) is 9.27. The van der Waals surface area contributed by atoms with Gasteiger partial charge >= 0.3 is 11.9 Å². The van der Waals surface area contributed by atoms with Crippen LogP contribution in [0.1, 0.15) is 50.4 Å². The second-order valence-corrected chi connectivity index (χ2v) is 10.2. The Bertz CT molecular complexity index is 1020. The first-order chi connectivity index (χ1) is 16.7. The molecule has 1 saturated carbocycles. The van der Waals surface area contributed by atoms with Crippen LogP contribution in [-0.2, 0) is 19.1 Å². The number of anilines is 1. The van der Waals surface area contributed by atoms with E-state index in [1.807, 2.05) is 12.1 Å². The van der Waals surface area contributed by atoms with Gasteiger partial charge in [-0.05, 0) is 67.0 Å². The van der Waals surface area contributed by atoms with E-state index in [9.17, 15) is 14.4 Å². The molecule has 0 radical (unpaired) electrons. The summed E-state index contributed by atoms with van der Waals surface area (Å²) in [6, 6.07) is 13.6. The smallest absolute Gasteiger partial charge is 0.344 e. The van der Waals surface area contributed by atoms with Crippen molar-refractivity contribution in [3.63, 3.8) is 0 Å². The number of halogens is 1. The quantitative estimate of drug-likeness (QED) is 0.410. The number of ether oxygens (including phenoxy) is 3. The summed E-state index contributed by atoms with van der Waals surface area (Å²) in [5.74, 6) is -0.247. The zero-order valence-electron chi connectivity index (χ0n) is 20.3. The van der Waals surface area contributed by atoms with Crippen molar-refractivity contribution in [3.8, 4) is 5.75 Å². The van der Waals surface area contributed by atoms with Crippen molar-refractivity contribution in [2.24, 2.45) is 17.8 Å². The minimum Gasteiger partial charge on any atom is -0.483 e. The number of carbonyl (C=O) groups is 3. The Morgan fingerprint density at radius 1 is 1.03 bits per heavy atom. The van der Waals surface area contributed by atoms with E-state index < -0.39 is 18.5 Å². The third-order valence-electron chi connectivity index (χ3n) is 6.16. The number of rotatable bonds is 9. The van der Waals surface area contributed by atoms with Gasteiger partial charge in [-0.1, -0.05) is 55.3 Å². The topological polar surface area (TPSA) is 90.9 Å². The van der Waals surface area contributed by atoms with E-state index >= 15 is 0 Å². The Morgan fingerprint density at radius 2 is 1.74 bits per heavy atom. The summed E-state index contributed by atoms with van der Waals surface area (Å²) >= 11 is 3.34. The van der Waals surface area contributed by atoms with Crippen LogP contribution in [-0.4, -0.2) is 37.2 Å². The molecule has 2 aromatic carbocycles. The van der Waals surface area contributed by atoms with Gasteiger partial charge in [0.05, 0.1) is 0 Å². The molecule has 1 aliphatic rings. The molecule has 0 heterocycles. The van der Waals surface area contributed by atoms with Gasteiger partial charge in [0, 0.05) is 10.2 Å². The van der Waals surface area contributed by atoms with Gasteiger partial charge < -0.3 is 19.5 Å². The number of hydrogen-bond acceptors (Lipinski definition) is 6. The number of hydrogen-bond donors (Lipinski definition) is 1. The second kappa shape index (κ2) is 12.7. The van der Waals surface area contributed by atoms with Crippen LogP contribution >= 0.6 is 15.9 Å². The Labute approximate surface area is 214 Å². The molecule has 8 heteroatoms. The molecule has 3 atom stereocenters. The fourth-order valence-electron chi connectivity index (χ4n) is 4.29. The minimum atomic E-state index is -0.719. The highest BCUT2D eigenvalue weighted by molar-refractivity contribution is 9.10. The Hall–Kier alpha value is -2.87. The molecule has 0 unspecified atom stereocenters. The predicted octanol–water partition coefficient (Wildman–Crippen LogP) is 5.63. The molecular formula is C27H32BrNO6.